The molecular weight excluding hydrogens is 406 g/mol. The summed E-state index contributed by atoms with van der Waals surface area (Å²) in [5, 5.41) is 7.46. The normalized spacial score (nSPS) is 14.2. The van der Waals surface area contributed by atoms with Crippen molar-refractivity contribution < 1.29 is 19.1 Å². The van der Waals surface area contributed by atoms with Crippen molar-refractivity contribution in [1.82, 2.24) is 10.3 Å². The van der Waals surface area contributed by atoms with Crippen LogP contribution in [-0.4, -0.2) is 43.2 Å². The summed E-state index contributed by atoms with van der Waals surface area (Å²) in [6.07, 6.45) is 3.40. The molecule has 0 spiro atoms. The summed E-state index contributed by atoms with van der Waals surface area (Å²) in [7, 11) is 0. The molecule has 166 valence electrons. The van der Waals surface area contributed by atoms with E-state index in [4.69, 9.17) is 9.47 Å². The zero-order valence-corrected chi connectivity index (χ0v) is 18.1. The zero-order chi connectivity index (χ0) is 22.3. The van der Waals surface area contributed by atoms with Crippen molar-refractivity contribution >= 4 is 28.3 Å². The molecule has 4 rings (SSSR count). The zero-order valence-electron chi connectivity index (χ0n) is 18.1. The first-order valence-electron chi connectivity index (χ1n) is 10.9. The van der Waals surface area contributed by atoms with Gasteiger partial charge in [-0.25, -0.2) is 4.98 Å². The Morgan fingerprint density at radius 3 is 2.59 bits per heavy atom. The first kappa shape index (κ1) is 21.8. The van der Waals surface area contributed by atoms with E-state index in [1.54, 1.807) is 30.5 Å². The lowest BCUT2D eigenvalue weighted by molar-refractivity contribution is 0.0642. The van der Waals surface area contributed by atoms with Crippen LogP contribution in [0.5, 0.6) is 5.75 Å². The third-order valence-electron chi connectivity index (χ3n) is 5.59. The number of fused-ring (bicyclic) bond motifs is 1. The summed E-state index contributed by atoms with van der Waals surface area (Å²) >= 11 is 0. The number of carbonyl (C=O) groups is 2. The molecule has 2 aromatic carbocycles. The van der Waals surface area contributed by atoms with Crippen LogP contribution in [0.3, 0.4) is 0 Å². The van der Waals surface area contributed by atoms with Crippen LogP contribution >= 0.6 is 0 Å². The predicted octanol–water partition coefficient (Wildman–Crippen LogP) is 4.04. The fraction of sp³-hybridized carbons (Fsp3) is 0.320. The molecule has 7 heteroatoms. The third kappa shape index (κ3) is 4.89. The third-order valence-corrected chi connectivity index (χ3v) is 5.59. The van der Waals surface area contributed by atoms with Crippen LogP contribution in [0, 0.1) is 5.92 Å². The van der Waals surface area contributed by atoms with Crippen LogP contribution in [0.4, 0.5) is 5.69 Å². The van der Waals surface area contributed by atoms with Crippen LogP contribution in [-0.2, 0) is 4.74 Å². The number of rotatable bonds is 7. The van der Waals surface area contributed by atoms with E-state index in [1.165, 1.54) is 0 Å². The molecule has 1 fully saturated rings. The van der Waals surface area contributed by atoms with Gasteiger partial charge in [0.25, 0.3) is 11.8 Å². The largest absolute Gasteiger partial charge is 0.493 e. The highest BCUT2D eigenvalue weighted by molar-refractivity contribution is 6.15. The first-order valence-corrected chi connectivity index (χ1v) is 10.9. The lowest BCUT2D eigenvalue weighted by Gasteiger charge is -2.22. The quantitative estimate of drug-likeness (QED) is 0.587. The minimum absolute atomic E-state index is 0.197. The summed E-state index contributed by atoms with van der Waals surface area (Å²) in [4.78, 5) is 30.2. The summed E-state index contributed by atoms with van der Waals surface area (Å²) in [5.41, 5.74) is 1.07. The van der Waals surface area contributed by atoms with E-state index in [9.17, 15) is 9.59 Å². The fourth-order valence-corrected chi connectivity index (χ4v) is 3.90. The highest BCUT2D eigenvalue weighted by atomic mass is 16.5. The lowest BCUT2D eigenvalue weighted by atomic mass is 10.0. The SMILES string of the molecule is CCOc1ccc(C(=O)Nc2cccnc2C(=O)NCC2CCOCC2)c2ccccc12. The molecular formula is C25H27N3O4. The van der Waals surface area contributed by atoms with Gasteiger partial charge in [-0.2, -0.15) is 0 Å². The second-order valence-electron chi connectivity index (χ2n) is 7.71. The molecule has 1 aliphatic rings. The Labute approximate surface area is 187 Å². The van der Waals surface area contributed by atoms with Gasteiger partial charge in [-0.1, -0.05) is 24.3 Å². The molecule has 3 aromatic rings. The van der Waals surface area contributed by atoms with E-state index < -0.39 is 0 Å². The van der Waals surface area contributed by atoms with Gasteiger partial charge >= 0.3 is 0 Å². The Morgan fingerprint density at radius 2 is 1.81 bits per heavy atom. The molecule has 0 aliphatic carbocycles. The number of nitrogens with zero attached hydrogens (tertiary/aromatic N) is 1. The Balaban J connectivity index is 1.53. The van der Waals surface area contributed by atoms with Crippen molar-refractivity contribution in [1.29, 1.82) is 0 Å². The van der Waals surface area contributed by atoms with Crippen molar-refractivity contribution in [2.24, 2.45) is 5.92 Å². The number of ether oxygens (including phenoxy) is 2. The Bertz CT molecular complexity index is 1110. The summed E-state index contributed by atoms with van der Waals surface area (Å²) in [6, 6.07) is 14.5. The van der Waals surface area contributed by atoms with Gasteiger partial charge in [0.2, 0.25) is 0 Å². The summed E-state index contributed by atoms with van der Waals surface area (Å²) in [6.45, 7) is 4.47. The van der Waals surface area contributed by atoms with Crippen molar-refractivity contribution in [3.63, 3.8) is 0 Å². The number of hydrogen-bond acceptors (Lipinski definition) is 5. The molecule has 2 heterocycles. The minimum Gasteiger partial charge on any atom is -0.493 e. The van der Waals surface area contributed by atoms with Crippen LogP contribution in [0.1, 0.15) is 40.6 Å². The molecule has 7 nitrogen and oxygen atoms in total. The molecule has 0 radical (unpaired) electrons. The van der Waals surface area contributed by atoms with Crippen LogP contribution in [0.2, 0.25) is 0 Å². The topological polar surface area (TPSA) is 89.5 Å². The molecule has 32 heavy (non-hydrogen) atoms. The number of amides is 2. The molecule has 1 aliphatic heterocycles. The number of benzene rings is 2. The number of nitrogens with one attached hydrogen (secondary N) is 2. The maximum absolute atomic E-state index is 13.2. The summed E-state index contributed by atoms with van der Waals surface area (Å²) < 4.78 is 11.1. The second kappa shape index (κ2) is 10.2. The van der Waals surface area contributed by atoms with Crippen LogP contribution in [0.15, 0.2) is 54.7 Å². The summed E-state index contributed by atoms with van der Waals surface area (Å²) in [5.74, 6) is 0.513. The van der Waals surface area contributed by atoms with Crippen LogP contribution < -0.4 is 15.4 Å². The number of aromatic nitrogens is 1. The lowest BCUT2D eigenvalue weighted by Crippen LogP contribution is -2.33. The van der Waals surface area contributed by atoms with Gasteiger partial charge in [0.15, 0.2) is 5.69 Å². The smallest absolute Gasteiger partial charge is 0.272 e. The minimum atomic E-state index is -0.310. The monoisotopic (exact) mass is 433 g/mol. The van der Waals surface area contributed by atoms with E-state index in [0.717, 1.165) is 42.6 Å². The van der Waals surface area contributed by atoms with E-state index >= 15 is 0 Å². The molecule has 0 bridgehead atoms. The van der Waals surface area contributed by atoms with E-state index in [-0.39, 0.29) is 17.5 Å². The molecule has 0 saturated carbocycles. The average molecular weight is 434 g/mol. The number of pyridine rings is 1. The van der Waals surface area contributed by atoms with E-state index in [0.29, 0.717) is 30.3 Å². The van der Waals surface area contributed by atoms with E-state index in [2.05, 4.69) is 15.6 Å². The van der Waals surface area contributed by atoms with Gasteiger partial charge in [-0.3, -0.25) is 9.59 Å². The standard InChI is InChI=1S/C25H27N3O4/c1-2-32-22-10-9-20(18-6-3-4-7-19(18)22)24(29)28-21-8-5-13-26-23(21)25(30)27-16-17-11-14-31-15-12-17/h3-10,13,17H,2,11-12,14-16H2,1H3,(H,27,30)(H,28,29). The van der Waals surface area contributed by atoms with Gasteiger partial charge in [-0.05, 0) is 55.3 Å². The number of hydrogen-bond donors (Lipinski definition) is 2. The fourth-order valence-electron chi connectivity index (χ4n) is 3.90. The van der Waals surface area contributed by atoms with Crippen molar-refractivity contribution in [3.05, 3.63) is 66.0 Å². The number of anilines is 1. The maximum Gasteiger partial charge on any atom is 0.272 e. The average Bonchev–Trinajstić information content (AvgIpc) is 2.84. The molecule has 0 atom stereocenters. The second-order valence-corrected chi connectivity index (χ2v) is 7.71. The molecule has 2 N–H and O–H groups in total. The van der Waals surface area contributed by atoms with Crippen molar-refractivity contribution in [2.45, 2.75) is 19.8 Å². The van der Waals surface area contributed by atoms with Gasteiger partial charge in [0, 0.05) is 36.9 Å². The van der Waals surface area contributed by atoms with Gasteiger partial charge in [-0.15, -0.1) is 0 Å². The van der Waals surface area contributed by atoms with Crippen molar-refractivity contribution in [2.75, 3.05) is 31.7 Å². The highest BCUT2D eigenvalue weighted by Gasteiger charge is 2.20. The molecule has 0 unspecified atom stereocenters. The maximum atomic E-state index is 13.2. The number of carbonyl (C=O) groups excluding carboxylic acids is 2. The Morgan fingerprint density at radius 1 is 1.03 bits per heavy atom. The highest BCUT2D eigenvalue weighted by Crippen LogP contribution is 2.29. The molecule has 1 saturated heterocycles. The molecule has 1 aromatic heterocycles. The first-order chi connectivity index (χ1) is 15.7. The van der Waals surface area contributed by atoms with Crippen molar-refractivity contribution in [3.8, 4) is 5.75 Å². The van der Waals surface area contributed by atoms with E-state index in [1.807, 2.05) is 31.2 Å². The van der Waals surface area contributed by atoms with Gasteiger partial charge < -0.3 is 20.1 Å². The van der Waals surface area contributed by atoms with Crippen LogP contribution in [0.25, 0.3) is 10.8 Å². The molecule has 2 amide bonds. The Hall–Kier alpha value is -3.45. The van der Waals surface area contributed by atoms with Gasteiger partial charge in [0.05, 0.1) is 12.3 Å². The Kier molecular flexibility index (Phi) is 6.97. The van der Waals surface area contributed by atoms with Gasteiger partial charge in [0.1, 0.15) is 5.75 Å². The predicted molar refractivity (Wildman–Crippen MR) is 123 cm³/mol.